The lowest BCUT2D eigenvalue weighted by Crippen LogP contribution is -2.30. The molecule has 3 aromatic rings. The van der Waals surface area contributed by atoms with Gasteiger partial charge in [0.05, 0.1) is 0 Å². The van der Waals surface area contributed by atoms with Crippen LogP contribution in [0.3, 0.4) is 0 Å². The topological polar surface area (TPSA) is 87.2 Å². The fourth-order valence-electron chi connectivity index (χ4n) is 3.43. The Labute approximate surface area is 168 Å². The van der Waals surface area contributed by atoms with Crippen molar-refractivity contribution < 1.29 is 9.59 Å². The number of para-hydroxylation sites is 1. The van der Waals surface area contributed by atoms with E-state index in [1.807, 2.05) is 43.3 Å². The largest absolute Gasteiger partial charge is 0.326 e. The van der Waals surface area contributed by atoms with E-state index in [0.717, 1.165) is 12.1 Å². The van der Waals surface area contributed by atoms with E-state index in [0.29, 0.717) is 35.3 Å². The second-order valence-electron chi connectivity index (χ2n) is 6.94. The van der Waals surface area contributed by atoms with E-state index >= 15 is 0 Å². The smallest absolute Gasteiger partial charge is 0.277 e. The molecule has 0 aliphatic carbocycles. The lowest BCUT2D eigenvalue weighted by Gasteiger charge is -2.17. The second kappa shape index (κ2) is 7.71. The molecule has 2 aromatic carbocycles. The highest BCUT2D eigenvalue weighted by atomic mass is 16.2. The van der Waals surface area contributed by atoms with Gasteiger partial charge in [-0.25, -0.2) is 9.97 Å². The summed E-state index contributed by atoms with van der Waals surface area (Å²) < 4.78 is 0. The summed E-state index contributed by atoms with van der Waals surface area (Å²) in [6, 6.07) is 16.9. The Balaban J connectivity index is 1.59. The van der Waals surface area contributed by atoms with E-state index in [9.17, 15) is 9.59 Å². The third-order valence-corrected chi connectivity index (χ3v) is 4.64. The fourth-order valence-corrected chi connectivity index (χ4v) is 3.43. The third-order valence-electron chi connectivity index (χ3n) is 4.64. The Morgan fingerprint density at radius 2 is 1.79 bits per heavy atom. The van der Waals surface area contributed by atoms with E-state index in [-0.39, 0.29) is 11.8 Å². The summed E-state index contributed by atoms with van der Waals surface area (Å²) in [5.74, 6) is 0.0454. The molecule has 0 saturated carbocycles. The number of hydrogen-bond donors (Lipinski definition) is 2. The minimum Gasteiger partial charge on any atom is -0.326 e. The van der Waals surface area contributed by atoms with Gasteiger partial charge in [0.1, 0.15) is 5.69 Å². The molecule has 7 heteroatoms. The summed E-state index contributed by atoms with van der Waals surface area (Å²) >= 11 is 0. The molecule has 0 unspecified atom stereocenters. The normalized spacial score (nSPS) is 12.4. The van der Waals surface area contributed by atoms with Gasteiger partial charge < -0.3 is 15.5 Å². The van der Waals surface area contributed by atoms with Crippen LogP contribution in [-0.4, -0.2) is 28.3 Å². The summed E-state index contributed by atoms with van der Waals surface area (Å²) in [7, 11) is 0. The Morgan fingerprint density at radius 3 is 2.62 bits per heavy atom. The van der Waals surface area contributed by atoms with Gasteiger partial charge in [0.15, 0.2) is 0 Å². The van der Waals surface area contributed by atoms with Crippen LogP contribution < -0.4 is 15.5 Å². The van der Waals surface area contributed by atoms with Gasteiger partial charge in [-0.2, -0.15) is 0 Å². The Hall–Kier alpha value is -3.74. The highest BCUT2D eigenvalue weighted by Crippen LogP contribution is 2.29. The number of aryl methyl sites for hydroxylation is 1. The van der Waals surface area contributed by atoms with Gasteiger partial charge in [0.25, 0.3) is 5.91 Å². The van der Waals surface area contributed by atoms with Crippen LogP contribution in [0.15, 0.2) is 54.6 Å². The summed E-state index contributed by atoms with van der Waals surface area (Å²) in [5.41, 5.74) is 4.52. The number of aromatic nitrogens is 2. The maximum absolute atomic E-state index is 13.1. The summed E-state index contributed by atoms with van der Waals surface area (Å²) in [4.78, 5) is 35.0. The second-order valence-corrected chi connectivity index (χ2v) is 6.94. The van der Waals surface area contributed by atoms with Crippen LogP contribution in [-0.2, 0) is 11.2 Å². The van der Waals surface area contributed by atoms with E-state index in [2.05, 4.69) is 20.6 Å². The first-order chi connectivity index (χ1) is 14.0. The van der Waals surface area contributed by atoms with Crippen LogP contribution in [0.1, 0.15) is 28.7 Å². The van der Waals surface area contributed by atoms with Gasteiger partial charge in [-0.05, 0) is 49.2 Å². The predicted molar refractivity (Wildman–Crippen MR) is 113 cm³/mol. The number of amides is 2. The summed E-state index contributed by atoms with van der Waals surface area (Å²) in [6.07, 6.45) is 0.840. The molecule has 0 spiro atoms. The first-order valence-corrected chi connectivity index (χ1v) is 9.40. The molecule has 7 nitrogen and oxygen atoms in total. The minimum absolute atomic E-state index is 0.143. The van der Waals surface area contributed by atoms with Crippen LogP contribution in [0, 0.1) is 6.92 Å². The number of nitrogens with one attached hydrogen (secondary N) is 2. The lowest BCUT2D eigenvalue weighted by atomic mass is 10.2. The highest BCUT2D eigenvalue weighted by molar-refractivity contribution is 6.06. The molecular weight excluding hydrogens is 366 g/mol. The average Bonchev–Trinajstić information content (AvgIpc) is 3.11. The van der Waals surface area contributed by atoms with Crippen LogP contribution in [0.5, 0.6) is 0 Å². The van der Waals surface area contributed by atoms with Crippen LogP contribution >= 0.6 is 0 Å². The maximum atomic E-state index is 13.1. The minimum atomic E-state index is -0.146. The maximum Gasteiger partial charge on any atom is 0.277 e. The van der Waals surface area contributed by atoms with Crippen molar-refractivity contribution in [1.29, 1.82) is 0 Å². The van der Waals surface area contributed by atoms with Gasteiger partial charge in [-0.1, -0.05) is 24.3 Å². The van der Waals surface area contributed by atoms with E-state index in [1.165, 1.54) is 12.5 Å². The number of hydrogen-bond acceptors (Lipinski definition) is 5. The zero-order valence-electron chi connectivity index (χ0n) is 16.3. The summed E-state index contributed by atoms with van der Waals surface area (Å²) in [6.45, 7) is 3.93. The molecule has 29 heavy (non-hydrogen) atoms. The molecule has 0 saturated heterocycles. The standard InChI is InChI=1S/C22H21N5O2/c1-14-12-19(21(29)27-11-10-16-6-3-4-9-20(16)27)26-22(23-14)25-18-8-5-7-17(13-18)24-15(2)28/h3-9,12-13H,10-11H2,1-2H3,(H,24,28)(H,23,25,26). The van der Waals surface area contributed by atoms with Crippen molar-refractivity contribution >= 4 is 34.8 Å². The van der Waals surface area contributed by atoms with Crippen molar-refractivity contribution in [2.24, 2.45) is 0 Å². The van der Waals surface area contributed by atoms with E-state index < -0.39 is 0 Å². The van der Waals surface area contributed by atoms with E-state index in [1.54, 1.807) is 23.1 Å². The first-order valence-electron chi connectivity index (χ1n) is 9.40. The van der Waals surface area contributed by atoms with E-state index in [4.69, 9.17) is 0 Å². The predicted octanol–water partition coefficient (Wildman–Crippen LogP) is 3.69. The van der Waals surface area contributed by atoms with Gasteiger partial charge in [0.2, 0.25) is 11.9 Å². The van der Waals surface area contributed by atoms with Crippen molar-refractivity contribution in [3.8, 4) is 0 Å². The molecule has 1 aliphatic rings. The van der Waals surface area contributed by atoms with Crippen molar-refractivity contribution in [3.63, 3.8) is 0 Å². The molecule has 0 fully saturated rings. The average molecular weight is 387 g/mol. The SMILES string of the molecule is CC(=O)Nc1cccc(Nc2nc(C)cc(C(=O)N3CCc4ccccc43)n2)c1. The molecule has 1 aromatic heterocycles. The van der Waals surface area contributed by atoms with Crippen LogP contribution in [0.4, 0.5) is 23.0 Å². The molecule has 2 heterocycles. The Bertz CT molecular complexity index is 1100. The quantitative estimate of drug-likeness (QED) is 0.713. The molecular formula is C22H21N5O2. The monoisotopic (exact) mass is 387 g/mol. The molecule has 4 rings (SSSR count). The van der Waals surface area contributed by atoms with Gasteiger partial charge in [-0.15, -0.1) is 0 Å². The van der Waals surface area contributed by atoms with Crippen molar-refractivity contribution in [3.05, 3.63) is 71.5 Å². The number of rotatable bonds is 4. The van der Waals surface area contributed by atoms with Crippen LogP contribution in [0.2, 0.25) is 0 Å². The van der Waals surface area contributed by atoms with Gasteiger partial charge in [0, 0.05) is 36.2 Å². The molecule has 1 aliphatic heterocycles. The van der Waals surface area contributed by atoms with Crippen molar-refractivity contribution in [1.82, 2.24) is 9.97 Å². The summed E-state index contributed by atoms with van der Waals surface area (Å²) in [5, 5.41) is 5.86. The van der Waals surface area contributed by atoms with Crippen molar-refractivity contribution in [2.45, 2.75) is 20.3 Å². The molecule has 2 N–H and O–H groups in total. The Kier molecular flexibility index (Phi) is 4.95. The lowest BCUT2D eigenvalue weighted by molar-refractivity contribution is -0.114. The first kappa shape index (κ1) is 18.6. The molecule has 0 bridgehead atoms. The zero-order valence-corrected chi connectivity index (χ0v) is 16.3. The highest BCUT2D eigenvalue weighted by Gasteiger charge is 2.26. The number of carbonyl (C=O) groups is 2. The zero-order chi connectivity index (χ0) is 20.4. The number of anilines is 4. The third kappa shape index (κ3) is 4.08. The van der Waals surface area contributed by atoms with Crippen LogP contribution in [0.25, 0.3) is 0 Å². The molecule has 2 amide bonds. The molecule has 0 radical (unpaired) electrons. The molecule has 0 atom stereocenters. The fraction of sp³-hybridized carbons (Fsp3) is 0.182. The van der Waals surface area contributed by atoms with Crippen molar-refractivity contribution in [2.75, 3.05) is 22.1 Å². The number of benzene rings is 2. The van der Waals surface area contributed by atoms with Gasteiger partial charge >= 0.3 is 0 Å². The number of fused-ring (bicyclic) bond motifs is 1. The number of carbonyl (C=O) groups excluding carboxylic acids is 2. The molecule has 146 valence electrons. The number of nitrogens with zero attached hydrogens (tertiary/aromatic N) is 3. The van der Waals surface area contributed by atoms with Gasteiger partial charge in [-0.3, -0.25) is 9.59 Å². The Morgan fingerprint density at radius 1 is 1.00 bits per heavy atom.